The molecule has 2 aromatic rings. The normalized spacial score (nSPS) is 16.1. The topological polar surface area (TPSA) is 102 Å². The van der Waals surface area contributed by atoms with E-state index in [9.17, 15) is 18.0 Å². The Morgan fingerprint density at radius 2 is 1.96 bits per heavy atom. The average Bonchev–Trinajstić information content (AvgIpc) is 2.63. The first-order valence-corrected chi connectivity index (χ1v) is 10.2. The molecule has 27 heavy (non-hydrogen) atoms. The van der Waals surface area contributed by atoms with Gasteiger partial charge in [-0.05, 0) is 43.7 Å². The molecular formula is C19H20N2O5S. The molecule has 0 saturated carbocycles. The van der Waals surface area contributed by atoms with Crippen LogP contribution in [0.1, 0.15) is 30.6 Å². The van der Waals surface area contributed by atoms with Crippen LogP contribution >= 0.6 is 0 Å². The van der Waals surface area contributed by atoms with Crippen molar-refractivity contribution in [2.24, 2.45) is 0 Å². The van der Waals surface area contributed by atoms with Crippen LogP contribution in [0.2, 0.25) is 0 Å². The Labute approximate surface area is 157 Å². The summed E-state index contributed by atoms with van der Waals surface area (Å²) in [5.74, 6) is -0.341. The standard InChI is InChI=1S/C19H20N2O5S/c1-3-10-27(24,25)17-7-5-4-6-14(17)19(23)20-13-8-9-16-15(11-13)21-18(22)12(2)26-16/h4-9,11-12H,3,10H2,1-2H3,(H,20,23)(H,21,22)/t12-/m0/s1. The zero-order chi connectivity index (χ0) is 19.6. The molecule has 0 aliphatic carbocycles. The van der Waals surface area contributed by atoms with Crippen molar-refractivity contribution in [3.63, 3.8) is 0 Å². The zero-order valence-electron chi connectivity index (χ0n) is 15.0. The number of hydrogen-bond acceptors (Lipinski definition) is 5. The fourth-order valence-corrected chi connectivity index (χ4v) is 4.33. The molecule has 0 radical (unpaired) electrons. The third kappa shape index (κ3) is 3.95. The fraction of sp³-hybridized carbons (Fsp3) is 0.263. The van der Waals surface area contributed by atoms with Gasteiger partial charge < -0.3 is 15.4 Å². The number of amides is 2. The van der Waals surface area contributed by atoms with Gasteiger partial charge in [0, 0.05) is 5.69 Å². The number of anilines is 2. The van der Waals surface area contributed by atoms with Crippen LogP contribution in [0.4, 0.5) is 11.4 Å². The minimum atomic E-state index is -3.54. The first-order chi connectivity index (χ1) is 12.8. The summed E-state index contributed by atoms with van der Waals surface area (Å²) < 4.78 is 30.3. The van der Waals surface area contributed by atoms with Gasteiger partial charge in [0.05, 0.1) is 21.9 Å². The van der Waals surface area contributed by atoms with E-state index in [1.807, 2.05) is 0 Å². The van der Waals surface area contributed by atoms with Gasteiger partial charge in [0.1, 0.15) is 5.75 Å². The van der Waals surface area contributed by atoms with Gasteiger partial charge in [-0.15, -0.1) is 0 Å². The van der Waals surface area contributed by atoms with E-state index >= 15 is 0 Å². The molecular weight excluding hydrogens is 368 g/mol. The summed E-state index contributed by atoms with van der Waals surface area (Å²) in [5, 5.41) is 5.38. The van der Waals surface area contributed by atoms with Crippen LogP contribution < -0.4 is 15.4 Å². The number of ether oxygens (including phenoxy) is 1. The lowest BCUT2D eigenvalue weighted by Gasteiger charge is -2.23. The van der Waals surface area contributed by atoms with Gasteiger partial charge in [-0.25, -0.2) is 8.42 Å². The number of fused-ring (bicyclic) bond motifs is 1. The van der Waals surface area contributed by atoms with Gasteiger partial charge in [-0.1, -0.05) is 19.1 Å². The molecule has 0 fully saturated rings. The van der Waals surface area contributed by atoms with E-state index in [1.54, 1.807) is 44.2 Å². The first-order valence-electron chi connectivity index (χ1n) is 8.56. The van der Waals surface area contributed by atoms with Crippen LogP contribution in [0.5, 0.6) is 5.75 Å². The fourth-order valence-electron chi connectivity index (χ4n) is 2.79. The number of rotatable bonds is 5. The van der Waals surface area contributed by atoms with Gasteiger partial charge in [-0.2, -0.15) is 0 Å². The van der Waals surface area contributed by atoms with Crippen molar-refractivity contribution in [1.82, 2.24) is 0 Å². The van der Waals surface area contributed by atoms with E-state index in [0.29, 0.717) is 23.5 Å². The molecule has 7 nitrogen and oxygen atoms in total. The van der Waals surface area contributed by atoms with Crippen molar-refractivity contribution >= 4 is 33.0 Å². The highest BCUT2D eigenvalue weighted by atomic mass is 32.2. The first kappa shape index (κ1) is 18.9. The van der Waals surface area contributed by atoms with Crippen LogP contribution in [-0.2, 0) is 14.6 Å². The maximum Gasteiger partial charge on any atom is 0.265 e. The maximum absolute atomic E-state index is 12.7. The third-order valence-corrected chi connectivity index (χ3v) is 6.08. The predicted molar refractivity (Wildman–Crippen MR) is 102 cm³/mol. The van der Waals surface area contributed by atoms with Gasteiger partial charge in [0.15, 0.2) is 15.9 Å². The van der Waals surface area contributed by atoms with Crippen LogP contribution in [0.15, 0.2) is 47.4 Å². The predicted octanol–water partition coefficient (Wildman–Crippen LogP) is 2.84. The molecule has 3 rings (SSSR count). The summed E-state index contributed by atoms with van der Waals surface area (Å²) in [7, 11) is -3.54. The molecule has 1 atom stereocenters. The Morgan fingerprint density at radius 3 is 2.70 bits per heavy atom. The van der Waals surface area contributed by atoms with Gasteiger partial charge in [-0.3, -0.25) is 9.59 Å². The van der Waals surface area contributed by atoms with E-state index in [0.717, 1.165) is 0 Å². The monoisotopic (exact) mass is 388 g/mol. The van der Waals surface area contributed by atoms with E-state index < -0.39 is 21.8 Å². The Balaban J connectivity index is 1.87. The summed E-state index contributed by atoms with van der Waals surface area (Å²) in [4.78, 5) is 24.4. The zero-order valence-corrected chi connectivity index (χ0v) is 15.8. The molecule has 142 valence electrons. The molecule has 1 heterocycles. The lowest BCUT2D eigenvalue weighted by Crippen LogP contribution is -2.34. The third-order valence-electron chi connectivity index (χ3n) is 4.11. The van der Waals surface area contributed by atoms with Crippen LogP contribution in [-0.4, -0.2) is 32.1 Å². The Hall–Kier alpha value is -2.87. The second-order valence-electron chi connectivity index (χ2n) is 6.23. The summed E-state index contributed by atoms with van der Waals surface area (Å²) in [6.45, 7) is 3.41. The summed E-state index contributed by atoms with van der Waals surface area (Å²) in [5.41, 5.74) is 0.945. The van der Waals surface area contributed by atoms with Crippen molar-refractivity contribution < 1.29 is 22.7 Å². The largest absolute Gasteiger partial charge is 0.479 e. The summed E-state index contributed by atoms with van der Waals surface area (Å²) >= 11 is 0. The highest BCUT2D eigenvalue weighted by molar-refractivity contribution is 7.91. The number of nitrogens with one attached hydrogen (secondary N) is 2. The van der Waals surface area contributed by atoms with Gasteiger partial charge >= 0.3 is 0 Å². The Kier molecular flexibility index (Phi) is 5.18. The Morgan fingerprint density at radius 1 is 1.22 bits per heavy atom. The molecule has 0 spiro atoms. The summed E-state index contributed by atoms with van der Waals surface area (Å²) in [6.07, 6.45) is -0.130. The molecule has 0 aromatic heterocycles. The highest BCUT2D eigenvalue weighted by Crippen LogP contribution is 2.32. The molecule has 0 unspecified atom stereocenters. The van der Waals surface area contributed by atoms with E-state index in [4.69, 9.17) is 4.74 Å². The van der Waals surface area contributed by atoms with E-state index in [1.165, 1.54) is 12.1 Å². The number of benzene rings is 2. The number of sulfone groups is 1. The minimum Gasteiger partial charge on any atom is -0.479 e. The molecule has 2 aromatic carbocycles. The van der Waals surface area contributed by atoms with Crippen LogP contribution in [0, 0.1) is 0 Å². The minimum absolute atomic E-state index is 0.00720. The number of carbonyl (C=O) groups is 2. The highest BCUT2D eigenvalue weighted by Gasteiger charge is 2.25. The second-order valence-corrected chi connectivity index (χ2v) is 8.31. The van der Waals surface area contributed by atoms with Crippen molar-refractivity contribution in [2.75, 3.05) is 16.4 Å². The molecule has 1 aliphatic rings. The van der Waals surface area contributed by atoms with Crippen LogP contribution in [0.3, 0.4) is 0 Å². The number of hydrogen-bond donors (Lipinski definition) is 2. The van der Waals surface area contributed by atoms with Gasteiger partial charge in [0.25, 0.3) is 11.8 Å². The van der Waals surface area contributed by atoms with Gasteiger partial charge in [0.2, 0.25) is 0 Å². The van der Waals surface area contributed by atoms with Crippen molar-refractivity contribution in [3.05, 3.63) is 48.0 Å². The average molecular weight is 388 g/mol. The quantitative estimate of drug-likeness (QED) is 0.820. The van der Waals surface area contributed by atoms with Crippen molar-refractivity contribution in [2.45, 2.75) is 31.3 Å². The maximum atomic E-state index is 12.7. The van der Waals surface area contributed by atoms with E-state index in [2.05, 4.69) is 10.6 Å². The molecule has 2 N–H and O–H groups in total. The smallest absolute Gasteiger partial charge is 0.265 e. The SMILES string of the molecule is CCCS(=O)(=O)c1ccccc1C(=O)Nc1ccc2c(c1)NC(=O)[C@H](C)O2. The molecule has 0 saturated heterocycles. The summed E-state index contributed by atoms with van der Waals surface area (Å²) in [6, 6.07) is 10.9. The molecule has 8 heteroatoms. The molecule has 1 aliphatic heterocycles. The van der Waals surface area contributed by atoms with Crippen LogP contribution in [0.25, 0.3) is 0 Å². The van der Waals surface area contributed by atoms with E-state index in [-0.39, 0.29) is 22.1 Å². The van der Waals surface area contributed by atoms with Crippen molar-refractivity contribution in [3.8, 4) is 5.75 Å². The lowest BCUT2D eigenvalue weighted by atomic mass is 10.2. The molecule has 2 amide bonds. The number of carbonyl (C=O) groups excluding carboxylic acids is 2. The van der Waals surface area contributed by atoms with Crippen molar-refractivity contribution in [1.29, 1.82) is 0 Å². The molecule has 0 bridgehead atoms. The lowest BCUT2D eigenvalue weighted by molar-refractivity contribution is -0.122. The second kappa shape index (κ2) is 7.40. The Bertz CT molecular complexity index is 1000.